The molecule has 2 aromatic rings. The smallest absolute Gasteiger partial charge is 0.269 e. The third kappa shape index (κ3) is 2.83. The van der Waals surface area contributed by atoms with Crippen molar-refractivity contribution in [3.8, 4) is 0 Å². The van der Waals surface area contributed by atoms with Crippen LogP contribution in [0.3, 0.4) is 0 Å². The lowest BCUT2D eigenvalue weighted by Gasteiger charge is -2.16. The summed E-state index contributed by atoms with van der Waals surface area (Å²) < 4.78 is 0. The van der Waals surface area contributed by atoms with Crippen LogP contribution in [0.2, 0.25) is 5.02 Å². The van der Waals surface area contributed by atoms with Gasteiger partial charge in [-0.15, -0.1) is 0 Å². The van der Waals surface area contributed by atoms with Gasteiger partial charge in [-0.1, -0.05) is 41.9 Å². The van der Waals surface area contributed by atoms with Crippen LogP contribution < -0.4 is 10.9 Å². The fraction of sp³-hybridized carbons (Fsp3) is 0.176. The van der Waals surface area contributed by atoms with E-state index >= 15 is 0 Å². The largest absolute Gasteiger partial charge is 0.272 e. The number of hydrazine groups is 1. The minimum atomic E-state index is -0.575. The highest BCUT2D eigenvalue weighted by atomic mass is 35.5. The Bertz CT molecular complexity index is 712. The Hall–Kier alpha value is -2.33. The van der Waals surface area contributed by atoms with Crippen molar-refractivity contribution in [2.75, 3.05) is 0 Å². The lowest BCUT2D eigenvalue weighted by atomic mass is 9.95. The van der Waals surface area contributed by atoms with Crippen molar-refractivity contribution in [3.63, 3.8) is 0 Å². The molecule has 1 aliphatic rings. The van der Waals surface area contributed by atoms with Crippen molar-refractivity contribution in [1.82, 2.24) is 10.9 Å². The number of carbonyl (C=O) groups excluding carboxylic acids is 2. The first-order valence-electron chi connectivity index (χ1n) is 7.04. The summed E-state index contributed by atoms with van der Waals surface area (Å²) in [5.41, 5.74) is 5.78. The molecular formula is C17H15ClN2O2. The van der Waals surface area contributed by atoms with Crippen molar-refractivity contribution in [2.45, 2.75) is 18.3 Å². The molecule has 1 fully saturated rings. The van der Waals surface area contributed by atoms with E-state index in [-0.39, 0.29) is 11.8 Å². The second kappa shape index (κ2) is 5.81. The van der Waals surface area contributed by atoms with E-state index in [9.17, 15) is 9.59 Å². The van der Waals surface area contributed by atoms with E-state index in [1.807, 2.05) is 18.2 Å². The molecule has 1 aliphatic carbocycles. The molecular weight excluding hydrogens is 300 g/mol. The van der Waals surface area contributed by atoms with Crippen molar-refractivity contribution in [2.24, 2.45) is 0 Å². The summed E-state index contributed by atoms with van der Waals surface area (Å²) in [5, 5.41) is 0.602. The van der Waals surface area contributed by atoms with Gasteiger partial charge in [0.15, 0.2) is 0 Å². The first kappa shape index (κ1) is 14.6. The van der Waals surface area contributed by atoms with Gasteiger partial charge < -0.3 is 0 Å². The van der Waals surface area contributed by atoms with E-state index in [1.165, 1.54) is 0 Å². The van der Waals surface area contributed by atoms with Gasteiger partial charge in [0.2, 0.25) is 5.91 Å². The van der Waals surface area contributed by atoms with Crippen LogP contribution in [-0.4, -0.2) is 11.8 Å². The van der Waals surface area contributed by atoms with Gasteiger partial charge in [0.1, 0.15) is 0 Å². The van der Waals surface area contributed by atoms with Crippen LogP contribution in [0.25, 0.3) is 0 Å². The molecule has 0 unspecified atom stereocenters. The fourth-order valence-corrected chi connectivity index (χ4v) is 2.64. The predicted molar refractivity (Wildman–Crippen MR) is 84.4 cm³/mol. The Kier molecular flexibility index (Phi) is 3.86. The first-order chi connectivity index (χ1) is 10.6. The summed E-state index contributed by atoms with van der Waals surface area (Å²) in [7, 11) is 0. The number of amides is 2. The number of benzene rings is 2. The molecule has 0 aromatic heterocycles. The van der Waals surface area contributed by atoms with E-state index in [1.54, 1.807) is 36.4 Å². The van der Waals surface area contributed by atoms with Gasteiger partial charge in [0.25, 0.3) is 5.91 Å². The summed E-state index contributed by atoms with van der Waals surface area (Å²) in [6.45, 7) is 0. The standard InChI is InChI=1S/C17H15ClN2O2/c18-14-8-4-7-13(11-14)17(9-10-17)16(22)20-19-15(21)12-5-2-1-3-6-12/h1-8,11H,9-10H2,(H,19,21)(H,20,22). The second-order valence-electron chi connectivity index (χ2n) is 5.37. The van der Waals surface area contributed by atoms with Crippen LogP contribution in [0.1, 0.15) is 28.8 Å². The molecule has 0 bridgehead atoms. The van der Waals surface area contributed by atoms with Crippen molar-refractivity contribution in [3.05, 3.63) is 70.7 Å². The van der Waals surface area contributed by atoms with Crippen LogP contribution in [0.5, 0.6) is 0 Å². The zero-order valence-electron chi connectivity index (χ0n) is 11.8. The Morgan fingerprint density at radius 3 is 2.32 bits per heavy atom. The maximum atomic E-state index is 12.4. The van der Waals surface area contributed by atoms with Gasteiger partial charge in [-0.2, -0.15) is 0 Å². The highest BCUT2D eigenvalue weighted by Gasteiger charge is 2.51. The molecule has 22 heavy (non-hydrogen) atoms. The number of rotatable bonds is 3. The number of nitrogens with one attached hydrogen (secondary N) is 2. The molecule has 0 radical (unpaired) electrons. The molecule has 4 nitrogen and oxygen atoms in total. The van der Waals surface area contributed by atoms with E-state index in [0.717, 1.165) is 18.4 Å². The Morgan fingerprint density at radius 2 is 1.68 bits per heavy atom. The number of hydrogen-bond donors (Lipinski definition) is 2. The topological polar surface area (TPSA) is 58.2 Å². The number of hydrogen-bond acceptors (Lipinski definition) is 2. The van der Waals surface area contributed by atoms with Gasteiger partial charge in [-0.3, -0.25) is 20.4 Å². The van der Waals surface area contributed by atoms with Gasteiger partial charge in [0.05, 0.1) is 5.41 Å². The van der Waals surface area contributed by atoms with Crippen LogP contribution >= 0.6 is 11.6 Å². The summed E-state index contributed by atoms with van der Waals surface area (Å²) in [6, 6.07) is 16.0. The molecule has 5 heteroatoms. The molecule has 0 saturated heterocycles. The van der Waals surface area contributed by atoms with Gasteiger partial charge in [0, 0.05) is 10.6 Å². The Balaban J connectivity index is 1.66. The van der Waals surface area contributed by atoms with Gasteiger partial charge in [-0.05, 0) is 42.7 Å². The van der Waals surface area contributed by atoms with E-state index < -0.39 is 5.41 Å². The number of carbonyl (C=O) groups is 2. The van der Waals surface area contributed by atoms with Crippen molar-refractivity contribution in [1.29, 1.82) is 0 Å². The van der Waals surface area contributed by atoms with E-state index in [4.69, 9.17) is 11.6 Å². The first-order valence-corrected chi connectivity index (χ1v) is 7.41. The normalized spacial score (nSPS) is 15.0. The summed E-state index contributed by atoms with van der Waals surface area (Å²) in [4.78, 5) is 24.3. The van der Waals surface area contributed by atoms with Crippen LogP contribution in [0.15, 0.2) is 54.6 Å². The minimum Gasteiger partial charge on any atom is -0.272 e. The molecule has 2 amide bonds. The zero-order chi connectivity index (χ0) is 15.6. The van der Waals surface area contributed by atoms with Crippen LogP contribution in [-0.2, 0) is 10.2 Å². The molecule has 2 N–H and O–H groups in total. The second-order valence-corrected chi connectivity index (χ2v) is 5.80. The molecule has 2 aromatic carbocycles. The van der Waals surface area contributed by atoms with Crippen molar-refractivity contribution < 1.29 is 9.59 Å². The monoisotopic (exact) mass is 314 g/mol. The highest BCUT2D eigenvalue weighted by Crippen LogP contribution is 2.48. The minimum absolute atomic E-state index is 0.209. The van der Waals surface area contributed by atoms with Crippen LogP contribution in [0, 0.1) is 0 Å². The quantitative estimate of drug-likeness (QED) is 0.856. The maximum Gasteiger partial charge on any atom is 0.269 e. The summed E-state index contributed by atoms with van der Waals surface area (Å²) in [5.74, 6) is -0.546. The molecule has 3 rings (SSSR count). The summed E-state index contributed by atoms with van der Waals surface area (Å²) in [6.07, 6.45) is 1.50. The third-order valence-electron chi connectivity index (χ3n) is 3.89. The zero-order valence-corrected chi connectivity index (χ0v) is 12.6. The van der Waals surface area contributed by atoms with Crippen molar-refractivity contribution >= 4 is 23.4 Å². The van der Waals surface area contributed by atoms with E-state index in [2.05, 4.69) is 10.9 Å². The maximum absolute atomic E-state index is 12.4. The SMILES string of the molecule is O=C(NNC(=O)C1(c2cccc(Cl)c2)CC1)c1ccccc1. The Morgan fingerprint density at radius 1 is 0.955 bits per heavy atom. The van der Waals surface area contributed by atoms with Crippen LogP contribution in [0.4, 0.5) is 0 Å². The molecule has 0 atom stereocenters. The average Bonchev–Trinajstić information content (AvgIpc) is 3.35. The fourth-order valence-electron chi connectivity index (χ4n) is 2.45. The van der Waals surface area contributed by atoms with Gasteiger partial charge in [-0.25, -0.2) is 0 Å². The lowest BCUT2D eigenvalue weighted by molar-refractivity contribution is -0.124. The van der Waals surface area contributed by atoms with Gasteiger partial charge >= 0.3 is 0 Å². The average molecular weight is 315 g/mol. The Labute approximate surface area is 133 Å². The summed E-state index contributed by atoms with van der Waals surface area (Å²) >= 11 is 5.99. The molecule has 0 spiro atoms. The number of halogens is 1. The molecule has 0 aliphatic heterocycles. The molecule has 0 heterocycles. The highest BCUT2D eigenvalue weighted by molar-refractivity contribution is 6.30. The third-order valence-corrected chi connectivity index (χ3v) is 4.12. The van der Waals surface area contributed by atoms with E-state index in [0.29, 0.717) is 10.6 Å². The predicted octanol–water partition coefficient (Wildman–Crippen LogP) is 2.83. The molecule has 112 valence electrons. The molecule has 1 saturated carbocycles. The lowest BCUT2D eigenvalue weighted by Crippen LogP contribution is -2.46.